The molecular weight excluding hydrogens is 372 g/mol. The molecule has 5 nitrogen and oxygen atoms in total. The summed E-state index contributed by atoms with van der Waals surface area (Å²) in [6.07, 6.45) is 8.34. The fourth-order valence-electron chi connectivity index (χ4n) is 3.44. The van der Waals surface area contributed by atoms with Crippen LogP contribution in [-0.4, -0.2) is 31.7 Å². The lowest BCUT2D eigenvalue weighted by Crippen LogP contribution is -2.38. The standard InChI is InChI=1S/C22H26N2O3S/c1-24(20-10-6-3-7-11-20)28(26,27)21-15-13-19(14-16-21)23-22(25)17-12-18-8-4-2-5-9-18/h2,4-5,8-9,12-17,20H,3,6-7,10-11H2,1H3,(H,23,25). The summed E-state index contributed by atoms with van der Waals surface area (Å²) in [7, 11) is -1.86. The van der Waals surface area contributed by atoms with E-state index in [2.05, 4.69) is 5.32 Å². The van der Waals surface area contributed by atoms with E-state index in [1.165, 1.54) is 16.8 Å². The second-order valence-corrected chi connectivity index (χ2v) is 9.07. The fourth-order valence-corrected chi connectivity index (χ4v) is 4.85. The van der Waals surface area contributed by atoms with E-state index in [0.29, 0.717) is 5.69 Å². The molecule has 28 heavy (non-hydrogen) atoms. The van der Waals surface area contributed by atoms with Crippen molar-refractivity contribution in [3.63, 3.8) is 0 Å². The summed E-state index contributed by atoms with van der Waals surface area (Å²) >= 11 is 0. The maximum atomic E-state index is 12.9. The largest absolute Gasteiger partial charge is 0.323 e. The molecule has 0 aliphatic heterocycles. The average molecular weight is 399 g/mol. The van der Waals surface area contributed by atoms with Crippen LogP contribution in [0, 0.1) is 0 Å². The first kappa shape index (κ1) is 20.3. The molecule has 0 heterocycles. The van der Waals surface area contributed by atoms with Crippen LogP contribution < -0.4 is 5.32 Å². The first-order valence-corrected chi connectivity index (χ1v) is 11.0. The minimum absolute atomic E-state index is 0.0706. The van der Waals surface area contributed by atoms with Gasteiger partial charge in [0.05, 0.1) is 4.90 Å². The Hall–Kier alpha value is -2.44. The third-order valence-corrected chi connectivity index (χ3v) is 7.04. The fraction of sp³-hybridized carbons (Fsp3) is 0.318. The molecule has 0 radical (unpaired) electrons. The SMILES string of the molecule is CN(C1CCCCC1)S(=O)(=O)c1ccc(NC(=O)C=Cc2ccccc2)cc1. The number of carbonyl (C=O) groups excluding carboxylic acids is 1. The van der Waals surface area contributed by atoms with Gasteiger partial charge in [-0.15, -0.1) is 0 Å². The zero-order valence-electron chi connectivity index (χ0n) is 16.0. The zero-order valence-corrected chi connectivity index (χ0v) is 16.9. The van der Waals surface area contributed by atoms with Crippen LogP contribution in [0.5, 0.6) is 0 Å². The lowest BCUT2D eigenvalue weighted by molar-refractivity contribution is -0.111. The Balaban J connectivity index is 1.64. The lowest BCUT2D eigenvalue weighted by Gasteiger charge is -2.30. The Labute approximate surface area is 167 Å². The predicted molar refractivity (Wildman–Crippen MR) is 112 cm³/mol. The molecule has 2 aromatic rings. The molecule has 6 heteroatoms. The van der Waals surface area contributed by atoms with Crippen LogP contribution in [0.1, 0.15) is 37.7 Å². The van der Waals surface area contributed by atoms with Crippen LogP contribution in [0.15, 0.2) is 65.6 Å². The Morgan fingerprint density at radius 2 is 1.64 bits per heavy atom. The first-order valence-electron chi connectivity index (χ1n) is 9.59. The van der Waals surface area contributed by atoms with Gasteiger partial charge in [-0.2, -0.15) is 4.31 Å². The number of carbonyl (C=O) groups is 1. The summed E-state index contributed by atoms with van der Waals surface area (Å²) in [6.45, 7) is 0. The van der Waals surface area contributed by atoms with E-state index < -0.39 is 10.0 Å². The molecule has 0 aromatic heterocycles. The van der Waals surface area contributed by atoms with Gasteiger partial charge in [0.2, 0.25) is 15.9 Å². The summed E-state index contributed by atoms with van der Waals surface area (Å²) in [5, 5.41) is 2.75. The number of amides is 1. The minimum atomic E-state index is -3.52. The summed E-state index contributed by atoms with van der Waals surface area (Å²) in [5.41, 5.74) is 1.49. The van der Waals surface area contributed by atoms with Gasteiger partial charge in [-0.25, -0.2) is 8.42 Å². The van der Waals surface area contributed by atoms with Crippen molar-refractivity contribution in [2.45, 2.75) is 43.0 Å². The molecule has 1 fully saturated rings. The molecule has 0 unspecified atom stereocenters. The van der Waals surface area contributed by atoms with Crippen LogP contribution in [-0.2, 0) is 14.8 Å². The molecule has 1 aliphatic rings. The van der Waals surface area contributed by atoms with Crippen molar-refractivity contribution in [1.29, 1.82) is 0 Å². The molecular formula is C22H26N2O3S. The summed E-state index contributed by atoms with van der Waals surface area (Å²) in [5.74, 6) is -0.265. The molecule has 1 N–H and O–H groups in total. The minimum Gasteiger partial charge on any atom is -0.323 e. The molecule has 1 amide bonds. The van der Waals surface area contributed by atoms with E-state index in [-0.39, 0.29) is 16.8 Å². The number of sulfonamides is 1. The van der Waals surface area contributed by atoms with E-state index in [0.717, 1.165) is 31.2 Å². The molecule has 3 rings (SSSR count). The highest BCUT2D eigenvalue weighted by atomic mass is 32.2. The second kappa shape index (κ2) is 9.17. The number of nitrogens with zero attached hydrogens (tertiary/aromatic N) is 1. The highest BCUT2D eigenvalue weighted by Gasteiger charge is 2.28. The van der Waals surface area contributed by atoms with Gasteiger partial charge in [-0.3, -0.25) is 4.79 Å². The smallest absolute Gasteiger partial charge is 0.248 e. The number of hydrogen-bond acceptors (Lipinski definition) is 3. The molecule has 0 spiro atoms. The number of anilines is 1. The van der Waals surface area contributed by atoms with Gasteiger partial charge < -0.3 is 5.32 Å². The molecule has 0 atom stereocenters. The van der Waals surface area contributed by atoms with Crippen molar-refractivity contribution >= 4 is 27.7 Å². The van der Waals surface area contributed by atoms with Gasteiger partial charge >= 0.3 is 0 Å². The maximum absolute atomic E-state index is 12.9. The molecule has 148 valence electrons. The third kappa shape index (κ3) is 5.09. The van der Waals surface area contributed by atoms with Crippen molar-refractivity contribution in [3.8, 4) is 0 Å². The molecule has 0 bridgehead atoms. The highest BCUT2D eigenvalue weighted by Crippen LogP contribution is 2.27. The zero-order chi connectivity index (χ0) is 20.0. The molecule has 0 saturated heterocycles. The molecule has 2 aromatic carbocycles. The van der Waals surface area contributed by atoms with E-state index in [4.69, 9.17) is 0 Å². The van der Waals surface area contributed by atoms with E-state index >= 15 is 0 Å². The number of benzene rings is 2. The Morgan fingerprint density at radius 1 is 1.00 bits per heavy atom. The highest BCUT2D eigenvalue weighted by molar-refractivity contribution is 7.89. The van der Waals surface area contributed by atoms with Crippen LogP contribution in [0.25, 0.3) is 6.08 Å². The summed E-state index contributed by atoms with van der Waals surface area (Å²) in [6, 6.07) is 15.9. The molecule has 1 aliphatic carbocycles. The molecule has 1 saturated carbocycles. The Bertz CT molecular complexity index is 916. The van der Waals surface area contributed by atoms with Gasteiger partial charge in [-0.1, -0.05) is 49.6 Å². The normalized spacial score (nSPS) is 15.8. The van der Waals surface area contributed by atoms with E-state index in [1.54, 1.807) is 37.4 Å². The van der Waals surface area contributed by atoms with Crippen LogP contribution >= 0.6 is 0 Å². The van der Waals surface area contributed by atoms with Crippen molar-refractivity contribution in [3.05, 3.63) is 66.2 Å². The van der Waals surface area contributed by atoms with Gasteiger partial charge in [0.25, 0.3) is 0 Å². The summed E-state index contributed by atoms with van der Waals surface area (Å²) < 4.78 is 27.2. The van der Waals surface area contributed by atoms with Gasteiger partial charge in [0, 0.05) is 24.9 Å². The topological polar surface area (TPSA) is 66.5 Å². The van der Waals surface area contributed by atoms with Crippen molar-refractivity contribution in [2.75, 3.05) is 12.4 Å². The van der Waals surface area contributed by atoms with Crippen molar-refractivity contribution < 1.29 is 13.2 Å². The monoisotopic (exact) mass is 398 g/mol. The number of rotatable bonds is 6. The van der Waals surface area contributed by atoms with Crippen LogP contribution in [0.4, 0.5) is 5.69 Å². The van der Waals surface area contributed by atoms with Crippen molar-refractivity contribution in [1.82, 2.24) is 4.31 Å². The maximum Gasteiger partial charge on any atom is 0.248 e. The van der Waals surface area contributed by atoms with Crippen molar-refractivity contribution in [2.24, 2.45) is 0 Å². The van der Waals surface area contributed by atoms with E-state index in [9.17, 15) is 13.2 Å². The van der Waals surface area contributed by atoms with E-state index in [1.807, 2.05) is 30.3 Å². The van der Waals surface area contributed by atoms with Gasteiger partial charge in [0.1, 0.15) is 0 Å². The van der Waals surface area contributed by atoms with Crippen LogP contribution in [0.3, 0.4) is 0 Å². The first-order chi connectivity index (χ1) is 13.5. The van der Waals surface area contributed by atoms with Gasteiger partial charge in [0.15, 0.2) is 0 Å². The quantitative estimate of drug-likeness (QED) is 0.738. The summed E-state index contributed by atoms with van der Waals surface area (Å²) in [4.78, 5) is 12.3. The second-order valence-electron chi connectivity index (χ2n) is 7.07. The number of hydrogen-bond donors (Lipinski definition) is 1. The lowest BCUT2D eigenvalue weighted by atomic mass is 9.96. The number of nitrogens with one attached hydrogen (secondary N) is 1. The third-order valence-electron chi connectivity index (χ3n) is 5.11. The predicted octanol–water partition coefficient (Wildman–Crippen LogP) is 4.29. The average Bonchev–Trinajstić information content (AvgIpc) is 2.73. The Morgan fingerprint density at radius 3 is 2.29 bits per heavy atom. The Kier molecular flexibility index (Phi) is 6.65. The van der Waals surface area contributed by atoms with Crippen LogP contribution in [0.2, 0.25) is 0 Å². The van der Waals surface area contributed by atoms with Gasteiger partial charge in [-0.05, 0) is 48.7 Å².